The van der Waals surface area contributed by atoms with Crippen LogP contribution in [0.1, 0.15) is 23.2 Å². The molecule has 1 aromatic carbocycles. The van der Waals surface area contributed by atoms with Crippen molar-refractivity contribution in [3.8, 4) is 5.75 Å². The highest BCUT2D eigenvalue weighted by Gasteiger charge is 2.22. The Morgan fingerprint density at radius 1 is 1.36 bits per heavy atom. The van der Waals surface area contributed by atoms with Gasteiger partial charge in [-0.3, -0.25) is 4.79 Å². The minimum Gasteiger partial charge on any atom is -0.467 e. The van der Waals surface area contributed by atoms with E-state index in [1.54, 1.807) is 18.2 Å². The van der Waals surface area contributed by atoms with Crippen LogP contribution >= 0.6 is 0 Å². The topological polar surface area (TPSA) is 35.5 Å². The molecule has 0 bridgehead atoms. The van der Waals surface area contributed by atoms with Gasteiger partial charge in [-0.25, -0.2) is 0 Å². The lowest BCUT2D eigenvalue weighted by molar-refractivity contribution is 0.00454. The van der Waals surface area contributed by atoms with E-state index < -0.39 is 0 Å². The molecule has 0 atom stereocenters. The molecule has 0 saturated heterocycles. The van der Waals surface area contributed by atoms with Crippen LogP contribution in [0.5, 0.6) is 5.75 Å². The predicted molar refractivity (Wildman–Crippen MR) is 51.4 cm³/mol. The van der Waals surface area contributed by atoms with Gasteiger partial charge >= 0.3 is 0 Å². The second-order valence-corrected chi connectivity index (χ2v) is 3.28. The molecule has 3 heteroatoms. The van der Waals surface area contributed by atoms with Crippen LogP contribution in [0.2, 0.25) is 0 Å². The Morgan fingerprint density at radius 3 is 2.86 bits per heavy atom. The average molecular weight is 192 g/mol. The van der Waals surface area contributed by atoms with Crippen molar-refractivity contribution in [2.75, 3.05) is 6.79 Å². The van der Waals surface area contributed by atoms with Crippen molar-refractivity contribution in [3.63, 3.8) is 0 Å². The van der Waals surface area contributed by atoms with Gasteiger partial charge < -0.3 is 9.47 Å². The van der Waals surface area contributed by atoms with Crippen molar-refractivity contribution in [2.24, 2.45) is 0 Å². The van der Waals surface area contributed by atoms with Gasteiger partial charge in [0.1, 0.15) is 5.75 Å². The molecule has 0 aromatic heterocycles. The largest absolute Gasteiger partial charge is 0.467 e. The van der Waals surface area contributed by atoms with Crippen LogP contribution in [-0.4, -0.2) is 19.2 Å². The van der Waals surface area contributed by atoms with Crippen molar-refractivity contribution in [1.82, 2.24) is 0 Å². The monoisotopic (exact) mass is 192 g/mol. The molecule has 74 valence electrons. The number of rotatable bonds is 5. The zero-order valence-corrected chi connectivity index (χ0v) is 7.81. The van der Waals surface area contributed by atoms with Crippen molar-refractivity contribution < 1.29 is 14.3 Å². The van der Waals surface area contributed by atoms with Gasteiger partial charge in [-0.05, 0) is 25.0 Å². The summed E-state index contributed by atoms with van der Waals surface area (Å²) in [5, 5.41) is 0. The fourth-order valence-corrected chi connectivity index (χ4v) is 1.14. The predicted octanol–water partition coefficient (Wildman–Crippen LogP) is 2.01. The first kappa shape index (κ1) is 9.21. The number of carbonyl (C=O) groups is 1. The van der Waals surface area contributed by atoms with Crippen LogP contribution in [0.15, 0.2) is 24.3 Å². The first-order valence-corrected chi connectivity index (χ1v) is 4.69. The van der Waals surface area contributed by atoms with Gasteiger partial charge in [-0.2, -0.15) is 0 Å². The molecule has 3 nitrogen and oxygen atoms in total. The zero-order valence-electron chi connectivity index (χ0n) is 7.81. The van der Waals surface area contributed by atoms with Crippen LogP contribution in [0.25, 0.3) is 0 Å². The van der Waals surface area contributed by atoms with Gasteiger partial charge in [-0.15, -0.1) is 0 Å². The van der Waals surface area contributed by atoms with Crippen molar-refractivity contribution >= 4 is 6.29 Å². The summed E-state index contributed by atoms with van der Waals surface area (Å²) in [4.78, 5) is 10.6. The summed E-state index contributed by atoms with van der Waals surface area (Å²) in [6.07, 6.45) is 3.41. The SMILES string of the molecule is O=Cc1ccccc1OCOC1CC1. The van der Waals surface area contributed by atoms with Gasteiger partial charge in [-0.1, -0.05) is 12.1 Å². The summed E-state index contributed by atoms with van der Waals surface area (Å²) >= 11 is 0. The molecule has 1 aliphatic rings. The highest BCUT2D eigenvalue weighted by atomic mass is 16.7. The fraction of sp³-hybridized carbons (Fsp3) is 0.364. The first-order chi connectivity index (χ1) is 6.90. The second kappa shape index (κ2) is 4.24. The molecule has 0 unspecified atom stereocenters. The average Bonchev–Trinajstić information content (AvgIpc) is 3.03. The Hall–Kier alpha value is -1.35. The summed E-state index contributed by atoms with van der Waals surface area (Å²) in [5.74, 6) is 0.586. The third-order valence-corrected chi connectivity index (χ3v) is 2.09. The summed E-state index contributed by atoms with van der Waals surface area (Å²) in [6, 6.07) is 7.12. The van der Waals surface area contributed by atoms with Crippen molar-refractivity contribution in [3.05, 3.63) is 29.8 Å². The smallest absolute Gasteiger partial charge is 0.189 e. The highest BCUT2D eigenvalue weighted by Crippen LogP contribution is 2.24. The number of ether oxygens (including phenoxy) is 2. The number of carbonyl (C=O) groups excluding carboxylic acids is 1. The summed E-state index contributed by atoms with van der Waals surface area (Å²) in [7, 11) is 0. The maximum Gasteiger partial charge on any atom is 0.189 e. The molecule has 1 aromatic rings. The Bertz CT molecular complexity index is 318. The van der Waals surface area contributed by atoms with E-state index in [-0.39, 0.29) is 6.79 Å². The van der Waals surface area contributed by atoms with Crippen LogP contribution in [0.4, 0.5) is 0 Å². The molecule has 2 rings (SSSR count). The molecule has 0 aliphatic heterocycles. The van der Waals surface area contributed by atoms with Gasteiger partial charge in [0.15, 0.2) is 13.1 Å². The Labute approximate surface area is 82.6 Å². The van der Waals surface area contributed by atoms with Gasteiger partial charge in [0, 0.05) is 0 Å². The molecule has 0 amide bonds. The lowest BCUT2D eigenvalue weighted by Crippen LogP contribution is -2.05. The van der Waals surface area contributed by atoms with E-state index in [4.69, 9.17) is 9.47 Å². The molecular weight excluding hydrogens is 180 g/mol. The number of benzene rings is 1. The van der Waals surface area contributed by atoms with Gasteiger partial charge in [0.25, 0.3) is 0 Å². The Balaban J connectivity index is 1.89. The minimum atomic E-state index is 0.232. The molecule has 1 saturated carbocycles. The number of hydrogen-bond acceptors (Lipinski definition) is 3. The zero-order chi connectivity index (χ0) is 9.80. The molecule has 0 heterocycles. The maximum absolute atomic E-state index is 10.6. The number of para-hydroxylation sites is 1. The first-order valence-electron chi connectivity index (χ1n) is 4.69. The van der Waals surface area contributed by atoms with E-state index in [1.807, 2.05) is 6.07 Å². The molecule has 14 heavy (non-hydrogen) atoms. The van der Waals surface area contributed by atoms with Crippen molar-refractivity contribution in [1.29, 1.82) is 0 Å². The molecule has 1 fully saturated rings. The maximum atomic E-state index is 10.6. The van der Waals surface area contributed by atoms with Crippen LogP contribution in [-0.2, 0) is 4.74 Å². The highest BCUT2D eigenvalue weighted by molar-refractivity contribution is 5.79. The van der Waals surface area contributed by atoms with Crippen LogP contribution in [0.3, 0.4) is 0 Å². The van der Waals surface area contributed by atoms with E-state index in [1.165, 1.54) is 0 Å². The van der Waals surface area contributed by atoms with Crippen molar-refractivity contribution in [2.45, 2.75) is 18.9 Å². The quantitative estimate of drug-likeness (QED) is 0.529. The summed E-state index contributed by atoms with van der Waals surface area (Å²) in [5.41, 5.74) is 0.562. The summed E-state index contributed by atoms with van der Waals surface area (Å²) < 4.78 is 10.6. The van der Waals surface area contributed by atoms with Crippen LogP contribution < -0.4 is 4.74 Å². The second-order valence-electron chi connectivity index (χ2n) is 3.28. The molecule has 0 radical (unpaired) electrons. The van der Waals surface area contributed by atoms with E-state index in [0.717, 1.165) is 19.1 Å². The third kappa shape index (κ3) is 2.33. The number of aldehydes is 1. The summed E-state index contributed by atoms with van der Waals surface area (Å²) in [6.45, 7) is 0.232. The third-order valence-electron chi connectivity index (χ3n) is 2.09. The van der Waals surface area contributed by atoms with E-state index >= 15 is 0 Å². The van der Waals surface area contributed by atoms with Gasteiger partial charge in [0.2, 0.25) is 0 Å². The molecule has 1 aliphatic carbocycles. The number of hydrogen-bond donors (Lipinski definition) is 0. The lowest BCUT2D eigenvalue weighted by atomic mass is 10.2. The Morgan fingerprint density at radius 2 is 2.14 bits per heavy atom. The normalized spacial score (nSPS) is 15.1. The van der Waals surface area contributed by atoms with E-state index in [9.17, 15) is 4.79 Å². The lowest BCUT2D eigenvalue weighted by Gasteiger charge is -2.07. The molecule has 0 N–H and O–H groups in total. The fourth-order valence-electron chi connectivity index (χ4n) is 1.14. The molecule has 0 spiro atoms. The van der Waals surface area contributed by atoms with E-state index in [0.29, 0.717) is 17.4 Å². The Kier molecular flexibility index (Phi) is 2.79. The van der Waals surface area contributed by atoms with Crippen LogP contribution in [0, 0.1) is 0 Å². The standard InChI is InChI=1S/C11H12O3/c12-7-9-3-1-2-4-11(9)14-8-13-10-5-6-10/h1-4,7,10H,5-6,8H2. The van der Waals surface area contributed by atoms with E-state index in [2.05, 4.69) is 0 Å². The molecular formula is C11H12O3. The minimum absolute atomic E-state index is 0.232. The van der Waals surface area contributed by atoms with Gasteiger partial charge in [0.05, 0.1) is 11.7 Å².